The lowest BCUT2D eigenvalue weighted by atomic mass is 10.2. The number of rotatable bonds is 3. The van der Waals surface area contributed by atoms with E-state index in [1.807, 2.05) is 30.3 Å². The van der Waals surface area contributed by atoms with Crippen LogP contribution >= 0.6 is 15.9 Å². The van der Waals surface area contributed by atoms with Crippen molar-refractivity contribution < 1.29 is 4.39 Å². The maximum atomic E-state index is 13.2. The van der Waals surface area contributed by atoms with Gasteiger partial charge in [0.25, 0.3) is 0 Å². The van der Waals surface area contributed by atoms with E-state index in [9.17, 15) is 4.39 Å². The second-order valence-corrected chi connectivity index (χ2v) is 4.55. The Bertz CT molecular complexity index is 514. The standard InChI is InChI=1S/C13H12BrFN2/c14-10-6-13(12(16)7-11(10)15)17-8-9-4-2-1-3-5-9/h1-7,17H,8,16H2. The molecule has 0 atom stereocenters. The van der Waals surface area contributed by atoms with Gasteiger partial charge >= 0.3 is 0 Å². The largest absolute Gasteiger partial charge is 0.397 e. The van der Waals surface area contributed by atoms with Gasteiger partial charge in [-0.25, -0.2) is 4.39 Å². The van der Waals surface area contributed by atoms with Gasteiger partial charge in [0, 0.05) is 12.6 Å². The van der Waals surface area contributed by atoms with Crippen LogP contribution in [-0.4, -0.2) is 0 Å². The Labute approximate surface area is 108 Å². The molecule has 2 rings (SSSR count). The highest BCUT2D eigenvalue weighted by atomic mass is 79.9. The fourth-order valence-electron chi connectivity index (χ4n) is 1.51. The summed E-state index contributed by atoms with van der Waals surface area (Å²) in [6, 6.07) is 12.9. The second-order valence-electron chi connectivity index (χ2n) is 3.69. The van der Waals surface area contributed by atoms with Gasteiger partial charge in [0.1, 0.15) is 5.82 Å². The number of nitrogens with two attached hydrogens (primary N) is 1. The molecule has 0 heterocycles. The summed E-state index contributed by atoms with van der Waals surface area (Å²) in [7, 11) is 0. The molecular weight excluding hydrogens is 283 g/mol. The van der Waals surface area contributed by atoms with Crippen molar-refractivity contribution >= 4 is 27.3 Å². The van der Waals surface area contributed by atoms with Crippen LogP contribution in [0.3, 0.4) is 0 Å². The Hall–Kier alpha value is -1.55. The minimum absolute atomic E-state index is 0.354. The van der Waals surface area contributed by atoms with E-state index in [2.05, 4.69) is 21.2 Å². The molecule has 0 radical (unpaired) electrons. The lowest BCUT2D eigenvalue weighted by Gasteiger charge is -2.10. The number of benzene rings is 2. The summed E-state index contributed by atoms with van der Waals surface area (Å²) in [6.07, 6.45) is 0. The van der Waals surface area contributed by atoms with Gasteiger partial charge in [-0.1, -0.05) is 30.3 Å². The van der Waals surface area contributed by atoms with Gasteiger partial charge in [0.15, 0.2) is 0 Å². The highest BCUT2D eigenvalue weighted by Gasteiger charge is 2.05. The topological polar surface area (TPSA) is 38.0 Å². The molecule has 0 aliphatic rings. The lowest BCUT2D eigenvalue weighted by molar-refractivity contribution is 0.622. The Kier molecular flexibility index (Phi) is 3.64. The zero-order valence-corrected chi connectivity index (χ0v) is 10.7. The van der Waals surface area contributed by atoms with Crippen LogP contribution in [0.2, 0.25) is 0 Å². The number of nitrogens with one attached hydrogen (secondary N) is 1. The van der Waals surface area contributed by atoms with E-state index in [-0.39, 0.29) is 5.82 Å². The monoisotopic (exact) mass is 294 g/mol. The zero-order chi connectivity index (χ0) is 12.3. The van der Waals surface area contributed by atoms with Crippen LogP contribution in [0.4, 0.5) is 15.8 Å². The predicted molar refractivity (Wildman–Crippen MR) is 72.3 cm³/mol. The average Bonchev–Trinajstić information content (AvgIpc) is 2.33. The van der Waals surface area contributed by atoms with Crippen LogP contribution in [0.1, 0.15) is 5.56 Å². The third-order valence-corrected chi connectivity index (χ3v) is 3.03. The molecule has 0 saturated carbocycles. The smallest absolute Gasteiger partial charge is 0.139 e. The first-order chi connectivity index (χ1) is 8.16. The molecule has 17 heavy (non-hydrogen) atoms. The fourth-order valence-corrected chi connectivity index (χ4v) is 1.85. The van der Waals surface area contributed by atoms with Crippen LogP contribution in [-0.2, 0) is 6.54 Å². The molecule has 0 bridgehead atoms. The molecule has 0 fully saturated rings. The van der Waals surface area contributed by atoms with Crippen molar-refractivity contribution in [3.05, 3.63) is 58.3 Å². The van der Waals surface area contributed by atoms with E-state index < -0.39 is 0 Å². The Morgan fingerprint density at radius 3 is 2.59 bits per heavy atom. The molecular formula is C13H12BrFN2. The van der Waals surface area contributed by atoms with Crippen molar-refractivity contribution in [2.45, 2.75) is 6.54 Å². The van der Waals surface area contributed by atoms with E-state index in [1.54, 1.807) is 6.07 Å². The average molecular weight is 295 g/mol. The Morgan fingerprint density at radius 1 is 1.18 bits per heavy atom. The summed E-state index contributed by atoms with van der Waals surface area (Å²) in [5.74, 6) is -0.354. The van der Waals surface area contributed by atoms with E-state index in [1.165, 1.54) is 6.07 Å². The third-order valence-electron chi connectivity index (χ3n) is 2.42. The minimum atomic E-state index is -0.354. The summed E-state index contributed by atoms with van der Waals surface area (Å²) >= 11 is 3.14. The van der Waals surface area contributed by atoms with Gasteiger partial charge in [0.05, 0.1) is 15.8 Å². The summed E-state index contributed by atoms with van der Waals surface area (Å²) < 4.78 is 13.6. The number of hydrogen-bond acceptors (Lipinski definition) is 2. The number of halogens is 2. The Morgan fingerprint density at radius 2 is 1.88 bits per heavy atom. The minimum Gasteiger partial charge on any atom is -0.397 e. The van der Waals surface area contributed by atoms with Crippen LogP contribution in [0.15, 0.2) is 46.9 Å². The van der Waals surface area contributed by atoms with Crippen molar-refractivity contribution in [3.8, 4) is 0 Å². The second kappa shape index (κ2) is 5.19. The molecule has 88 valence electrons. The molecule has 3 N–H and O–H groups in total. The van der Waals surface area contributed by atoms with Gasteiger partial charge < -0.3 is 11.1 Å². The highest BCUT2D eigenvalue weighted by molar-refractivity contribution is 9.10. The van der Waals surface area contributed by atoms with Gasteiger partial charge in [-0.2, -0.15) is 0 Å². The summed E-state index contributed by atoms with van der Waals surface area (Å²) in [4.78, 5) is 0. The van der Waals surface area contributed by atoms with Gasteiger partial charge in [-0.05, 0) is 27.6 Å². The summed E-state index contributed by atoms with van der Waals surface area (Å²) in [5, 5.41) is 3.18. The number of nitrogen functional groups attached to an aromatic ring is 1. The maximum absolute atomic E-state index is 13.2. The molecule has 0 amide bonds. The zero-order valence-electron chi connectivity index (χ0n) is 9.08. The maximum Gasteiger partial charge on any atom is 0.139 e. The molecule has 0 aliphatic carbocycles. The lowest BCUT2D eigenvalue weighted by Crippen LogP contribution is -2.03. The molecule has 2 aromatic rings. The first-order valence-corrected chi connectivity index (χ1v) is 5.98. The van der Waals surface area contributed by atoms with Gasteiger partial charge in [-0.3, -0.25) is 0 Å². The molecule has 0 aliphatic heterocycles. The SMILES string of the molecule is Nc1cc(F)c(Br)cc1NCc1ccccc1. The van der Waals surface area contributed by atoms with Crippen molar-refractivity contribution in [1.82, 2.24) is 0 Å². The first-order valence-electron chi connectivity index (χ1n) is 5.19. The molecule has 0 saturated heterocycles. The van der Waals surface area contributed by atoms with Crippen molar-refractivity contribution in [2.24, 2.45) is 0 Å². The highest BCUT2D eigenvalue weighted by Crippen LogP contribution is 2.26. The molecule has 0 aromatic heterocycles. The quantitative estimate of drug-likeness (QED) is 0.846. The molecule has 2 nitrogen and oxygen atoms in total. The third kappa shape index (κ3) is 2.97. The molecule has 4 heteroatoms. The number of hydrogen-bond donors (Lipinski definition) is 2. The van der Waals surface area contributed by atoms with Crippen molar-refractivity contribution in [3.63, 3.8) is 0 Å². The van der Waals surface area contributed by atoms with Crippen LogP contribution in [0.25, 0.3) is 0 Å². The number of anilines is 2. The predicted octanol–water partition coefficient (Wildman–Crippen LogP) is 3.78. The van der Waals surface area contributed by atoms with Gasteiger partial charge in [-0.15, -0.1) is 0 Å². The van der Waals surface area contributed by atoms with Crippen LogP contribution in [0.5, 0.6) is 0 Å². The summed E-state index contributed by atoms with van der Waals surface area (Å²) in [5.41, 5.74) is 8.01. The van der Waals surface area contributed by atoms with E-state index >= 15 is 0 Å². The van der Waals surface area contributed by atoms with E-state index in [4.69, 9.17) is 5.73 Å². The van der Waals surface area contributed by atoms with E-state index in [0.717, 1.165) is 11.3 Å². The first kappa shape index (κ1) is 11.9. The van der Waals surface area contributed by atoms with Crippen LogP contribution < -0.4 is 11.1 Å². The fraction of sp³-hybridized carbons (Fsp3) is 0.0769. The molecule has 2 aromatic carbocycles. The van der Waals surface area contributed by atoms with Gasteiger partial charge in [0.2, 0.25) is 0 Å². The van der Waals surface area contributed by atoms with Crippen molar-refractivity contribution in [2.75, 3.05) is 11.1 Å². The summed E-state index contributed by atoms with van der Waals surface area (Å²) in [6.45, 7) is 0.656. The Balaban J connectivity index is 2.12. The molecule has 0 spiro atoms. The molecule has 0 unspecified atom stereocenters. The van der Waals surface area contributed by atoms with Crippen LogP contribution in [0, 0.1) is 5.82 Å². The van der Waals surface area contributed by atoms with Crippen molar-refractivity contribution in [1.29, 1.82) is 0 Å². The normalized spacial score (nSPS) is 10.2. The van der Waals surface area contributed by atoms with E-state index in [0.29, 0.717) is 16.7 Å².